The number of carbonyl (C=O) groups is 1. The lowest BCUT2D eigenvalue weighted by molar-refractivity contribution is 0.0486. The van der Waals surface area contributed by atoms with E-state index >= 15 is 0 Å². The van der Waals surface area contributed by atoms with E-state index in [4.69, 9.17) is 27.9 Å². The molecule has 0 aliphatic carbocycles. The summed E-state index contributed by atoms with van der Waals surface area (Å²) in [5, 5.41) is 0.372. The lowest BCUT2D eigenvalue weighted by Crippen LogP contribution is -2.37. The Kier molecular flexibility index (Phi) is 4.44. The monoisotopic (exact) mass is 385 g/mol. The number of ether oxygens (including phenoxy) is 1. The maximum absolute atomic E-state index is 12.3. The average molecular weight is 386 g/mol. The first-order valence-corrected chi connectivity index (χ1v) is 7.89. The Morgan fingerprint density at radius 2 is 2.00 bits per heavy atom. The molecule has 0 spiro atoms. The van der Waals surface area contributed by atoms with Crippen LogP contribution in [0.15, 0.2) is 22.0 Å². The van der Waals surface area contributed by atoms with Gasteiger partial charge in [-0.25, -0.2) is 14.6 Å². The third-order valence-electron chi connectivity index (χ3n) is 3.73. The Hall–Kier alpha value is -2.52. The fraction of sp³-hybridized carbons (Fsp3) is 0.286. The van der Waals surface area contributed by atoms with Gasteiger partial charge in [-0.2, -0.15) is 0 Å². The maximum Gasteiger partial charge on any atom is 0.354 e. The highest BCUT2D eigenvalue weighted by molar-refractivity contribution is 6.41. The van der Waals surface area contributed by atoms with Crippen LogP contribution in [-0.4, -0.2) is 36.2 Å². The number of esters is 1. The minimum atomic E-state index is -0.626. The Morgan fingerprint density at radius 1 is 1.28 bits per heavy atom. The second kappa shape index (κ2) is 6.41. The molecule has 0 unspecified atom stereocenters. The number of fused-ring (bicyclic) bond motifs is 1. The number of hydrogen-bond acceptors (Lipinski definition) is 5. The van der Waals surface area contributed by atoms with Crippen LogP contribution < -0.4 is 11.2 Å². The van der Waals surface area contributed by atoms with Crippen LogP contribution in [0.25, 0.3) is 11.2 Å². The van der Waals surface area contributed by atoms with Gasteiger partial charge >= 0.3 is 11.7 Å². The standard InChI is InChI=1S/C14H13Cl2N5O4/c1-19-11-9(12(22)20(2)14(19)24)21(6-17-11)3-4-25-13(23)8-5-7(15)10(16)18-8/h5-6,18H,3-4H2,1-2H3. The Morgan fingerprint density at radius 3 is 2.64 bits per heavy atom. The number of H-pyrrole nitrogens is 1. The molecule has 0 aromatic carbocycles. The normalized spacial score (nSPS) is 11.2. The molecule has 0 bridgehead atoms. The summed E-state index contributed by atoms with van der Waals surface area (Å²) in [5.74, 6) is -0.626. The number of imidazole rings is 1. The van der Waals surface area contributed by atoms with E-state index in [1.807, 2.05) is 0 Å². The van der Waals surface area contributed by atoms with E-state index in [9.17, 15) is 14.4 Å². The Bertz CT molecular complexity index is 1070. The van der Waals surface area contributed by atoms with Crippen molar-refractivity contribution in [1.29, 1.82) is 0 Å². The lowest BCUT2D eigenvalue weighted by atomic mass is 10.4. The molecule has 0 fully saturated rings. The van der Waals surface area contributed by atoms with Crippen molar-refractivity contribution in [2.75, 3.05) is 6.61 Å². The van der Waals surface area contributed by atoms with Gasteiger partial charge in [0.05, 0.1) is 17.9 Å². The number of nitrogens with zero attached hydrogens (tertiary/aromatic N) is 4. The molecular weight excluding hydrogens is 373 g/mol. The summed E-state index contributed by atoms with van der Waals surface area (Å²) in [4.78, 5) is 42.8. The summed E-state index contributed by atoms with van der Waals surface area (Å²) >= 11 is 11.5. The SMILES string of the molecule is Cn1c(=O)c2c(ncn2CCOC(=O)c2cc(Cl)c(Cl)[nH]2)n(C)c1=O. The quantitative estimate of drug-likeness (QED) is 0.672. The fourth-order valence-corrected chi connectivity index (χ4v) is 2.71. The van der Waals surface area contributed by atoms with Crippen molar-refractivity contribution in [2.45, 2.75) is 6.54 Å². The van der Waals surface area contributed by atoms with Crippen LogP contribution in [0.1, 0.15) is 10.5 Å². The number of carbonyl (C=O) groups excluding carboxylic acids is 1. The van der Waals surface area contributed by atoms with Crippen molar-refractivity contribution in [3.63, 3.8) is 0 Å². The zero-order valence-corrected chi connectivity index (χ0v) is 14.8. The summed E-state index contributed by atoms with van der Waals surface area (Å²) in [6.45, 7) is 0.183. The largest absolute Gasteiger partial charge is 0.459 e. The third-order valence-corrected chi connectivity index (χ3v) is 4.42. The summed E-state index contributed by atoms with van der Waals surface area (Å²) in [7, 11) is 2.92. The summed E-state index contributed by atoms with van der Waals surface area (Å²) < 4.78 is 8.93. The van der Waals surface area contributed by atoms with Gasteiger partial charge < -0.3 is 14.3 Å². The zero-order chi connectivity index (χ0) is 18.3. The highest BCUT2D eigenvalue weighted by atomic mass is 35.5. The van der Waals surface area contributed by atoms with Crippen LogP contribution in [-0.2, 0) is 25.4 Å². The molecule has 132 valence electrons. The van der Waals surface area contributed by atoms with Gasteiger partial charge in [-0.1, -0.05) is 23.2 Å². The lowest BCUT2D eigenvalue weighted by Gasteiger charge is -2.07. The predicted molar refractivity (Wildman–Crippen MR) is 91.3 cm³/mol. The molecule has 0 radical (unpaired) electrons. The molecule has 25 heavy (non-hydrogen) atoms. The maximum atomic E-state index is 12.3. The molecule has 0 aliphatic rings. The van der Waals surface area contributed by atoms with Gasteiger partial charge in [0.15, 0.2) is 11.2 Å². The van der Waals surface area contributed by atoms with Crippen molar-refractivity contribution >= 4 is 40.3 Å². The van der Waals surface area contributed by atoms with Crippen LogP contribution in [0.5, 0.6) is 0 Å². The van der Waals surface area contributed by atoms with Gasteiger partial charge in [-0.05, 0) is 6.07 Å². The second-order valence-electron chi connectivity index (χ2n) is 5.30. The van der Waals surface area contributed by atoms with E-state index < -0.39 is 17.2 Å². The third kappa shape index (κ3) is 2.96. The number of aromatic nitrogens is 5. The van der Waals surface area contributed by atoms with Crippen molar-refractivity contribution in [2.24, 2.45) is 14.1 Å². The minimum absolute atomic E-state index is 0.00938. The van der Waals surface area contributed by atoms with Crippen LogP contribution in [0, 0.1) is 0 Å². The van der Waals surface area contributed by atoms with E-state index in [0.29, 0.717) is 0 Å². The van der Waals surface area contributed by atoms with Crippen molar-refractivity contribution < 1.29 is 9.53 Å². The van der Waals surface area contributed by atoms with E-state index in [-0.39, 0.29) is 40.2 Å². The van der Waals surface area contributed by atoms with Crippen LogP contribution >= 0.6 is 23.2 Å². The number of halogens is 2. The fourth-order valence-electron chi connectivity index (χ4n) is 2.40. The molecular formula is C14H13Cl2N5O4. The Balaban J connectivity index is 1.79. The molecule has 9 nitrogen and oxygen atoms in total. The van der Waals surface area contributed by atoms with E-state index in [1.54, 1.807) is 0 Å². The smallest absolute Gasteiger partial charge is 0.354 e. The average Bonchev–Trinajstić information content (AvgIpc) is 3.15. The zero-order valence-electron chi connectivity index (χ0n) is 13.2. The molecule has 0 atom stereocenters. The minimum Gasteiger partial charge on any atom is -0.459 e. The molecule has 0 aliphatic heterocycles. The summed E-state index contributed by atoms with van der Waals surface area (Å²) in [6, 6.07) is 1.37. The van der Waals surface area contributed by atoms with Crippen molar-refractivity contribution in [3.8, 4) is 0 Å². The first-order chi connectivity index (χ1) is 11.8. The molecule has 1 N–H and O–H groups in total. The van der Waals surface area contributed by atoms with E-state index in [1.165, 1.54) is 35.6 Å². The predicted octanol–water partition coefficient (Wildman–Crippen LogP) is 0.926. The van der Waals surface area contributed by atoms with E-state index in [0.717, 1.165) is 4.57 Å². The van der Waals surface area contributed by atoms with Crippen molar-refractivity contribution in [1.82, 2.24) is 23.7 Å². The molecule has 0 saturated heterocycles. The number of aryl methyl sites for hydroxylation is 1. The molecule has 11 heteroatoms. The van der Waals surface area contributed by atoms with Gasteiger partial charge in [0.2, 0.25) is 0 Å². The van der Waals surface area contributed by atoms with Gasteiger partial charge in [0, 0.05) is 14.1 Å². The summed E-state index contributed by atoms with van der Waals surface area (Å²) in [6.07, 6.45) is 1.42. The number of rotatable bonds is 4. The van der Waals surface area contributed by atoms with Crippen LogP contribution in [0.2, 0.25) is 10.2 Å². The first kappa shape index (κ1) is 17.3. The second-order valence-corrected chi connectivity index (χ2v) is 6.08. The number of hydrogen-bond donors (Lipinski definition) is 1. The molecule has 3 heterocycles. The topological polar surface area (TPSA) is 104 Å². The molecule has 3 rings (SSSR count). The highest BCUT2D eigenvalue weighted by Crippen LogP contribution is 2.22. The first-order valence-electron chi connectivity index (χ1n) is 7.13. The van der Waals surface area contributed by atoms with Gasteiger partial charge in [-0.15, -0.1) is 0 Å². The van der Waals surface area contributed by atoms with Gasteiger partial charge in [0.25, 0.3) is 5.56 Å². The molecule has 3 aromatic heterocycles. The molecule has 0 amide bonds. The van der Waals surface area contributed by atoms with Crippen LogP contribution in [0.4, 0.5) is 0 Å². The molecule has 0 saturated carbocycles. The van der Waals surface area contributed by atoms with Gasteiger partial charge in [-0.3, -0.25) is 13.9 Å². The highest BCUT2D eigenvalue weighted by Gasteiger charge is 2.16. The Labute approximate surface area is 150 Å². The summed E-state index contributed by atoms with van der Waals surface area (Å²) in [5.41, 5.74) is -0.280. The van der Waals surface area contributed by atoms with Gasteiger partial charge in [0.1, 0.15) is 17.5 Å². The van der Waals surface area contributed by atoms with Crippen molar-refractivity contribution in [3.05, 3.63) is 49.1 Å². The number of nitrogens with one attached hydrogen (secondary N) is 1. The number of aromatic amines is 1. The molecule has 3 aromatic rings. The van der Waals surface area contributed by atoms with E-state index in [2.05, 4.69) is 9.97 Å². The van der Waals surface area contributed by atoms with Crippen LogP contribution in [0.3, 0.4) is 0 Å².